The van der Waals surface area contributed by atoms with Crippen LogP contribution in [0.15, 0.2) is 66.0 Å². The van der Waals surface area contributed by atoms with Crippen molar-refractivity contribution < 1.29 is 4.39 Å². The Balaban J connectivity index is 1.67. The van der Waals surface area contributed by atoms with Crippen LogP contribution in [0.2, 0.25) is 5.02 Å². The molecule has 0 aliphatic carbocycles. The lowest BCUT2D eigenvalue weighted by Crippen LogP contribution is -2.19. The SMILES string of the molecule is C[C@H](Nc1cccc(-n2ccnc2)c1)c1cc2cc(F)cc(Cl)c2[nH]c1=O. The molecule has 7 heteroatoms. The summed E-state index contributed by atoms with van der Waals surface area (Å²) >= 11 is 6.03. The van der Waals surface area contributed by atoms with E-state index in [4.69, 9.17) is 11.6 Å². The molecule has 4 rings (SSSR count). The fourth-order valence-electron chi connectivity index (χ4n) is 3.08. The van der Waals surface area contributed by atoms with Gasteiger partial charge in [0.2, 0.25) is 0 Å². The van der Waals surface area contributed by atoms with E-state index in [0.717, 1.165) is 11.4 Å². The molecule has 2 aromatic carbocycles. The zero-order chi connectivity index (χ0) is 19.0. The molecule has 0 spiro atoms. The summed E-state index contributed by atoms with van der Waals surface area (Å²) in [6.45, 7) is 1.88. The number of nitrogens with one attached hydrogen (secondary N) is 2. The average molecular weight is 383 g/mol. The maximum Gasteiger partial charge on any atom is 0.253 e. The first-order chi connectivity index (χ1) is 13.0. The van der Waals surface area contributed by atoms with E-state index >= 15 is 0 Å². The summed E-state index contributed by atoms with van der Waals surface area (Å²) < 4.78 is 15.5. The van der Waals surface area contributed by atoms with Gasteiger partial charge in [0, 0.05) is 34.7 Å². The number of hydrogen-bond acceptors (Lipinski definition) is 3. The van der Waals surface area contributed by atoms with Gasteiger partial charge in [-0.1, -0.05) is 17.7 Å². The molecule has 0 fully saturated rings. The summed E-state index contributed by atoms with van der Waals surface area (Å²) in [5.74, 6) is -0.445. The molecule has 1 atom stereocenters. The van der Waals surface area contributed by atoms with E-state index in [2.05, 4.69) is 15.3 Å². The van der Waals surface area contributed by atoms with Gasteiger partial charge in [-0.15, -0.1) is 0 Å². The minimum Gasteiger partial charge on any atom is -0.378 e. The Morgan fingerprint density at radius 1 is 1.26 bits per heavy atom. The first-order valence-electron chi connectivity index (χ1n) is 8.38. The highest BCUT2D eigenvalue weighted by molar-refractivity contribution is 6.35. The first kappa shape index (κ1) is 17.3. The van der Waals surface area contributed by atoms with Crippen LogP contribution in [0.25, 0.3) is 16.6 Å². The minimum atomic E-state index is -0.445. The first-order valence-corrected chi connectivity index (χ1v) is 8.76. The van der Waals surface area contributed by atoms with Crippen LogP contribution in [0.4, 0.5) is 10.1 Å². The van der Waals surface area contributed by atoms with Crippen molar-refractivity contribution in [3.05, 3.63) is 87.9 Å². The second-order valence-corrected chi connectivity index (χ2v) is 6.70. The summed E-state index contributed by atoms with van der Waals surface area (Å²) in [7, 11) is 0. The largest absolute Gasteiger partial charge is 0.378 e. The van der Waals surface area contributed by atoms with Gasteiger partial charge < -0.3 is 14.9 Å². The number of rotatable bonds is 4. The highest BCUT2D eigenvalue weighted by Gasteiger charge is 2.13. The standard InChI is InChI=1S/C20H16ClFN4O/c1-12(24-15-3-2-4-16(10-15)26-6-5-23-11-26)17-8-13-7-14(22)9-18(21)19(13)25-20(17)27/h2-12,24H,1H3,(H,25,27)/t12-/m0/s1. The molecule has 0 aliphatic heterocycles. The number of nitrogens with zero attached hydrogens (tertiary/aromatic N) is 2. The summed E-state index contributed by atoms with van der Waals surface area (Å²) in [5, 5.41) is 4.05. The van der Waals surface area contributed by atoms with Crippen LogP contribution in [-0.4, -0.2) is 14.5 Å². The zero-order valence-electron chi connectivity index (χ0n) is 14.4. The molecule has 5 nitrogen and oxygen atoms in total. The lowest BCUT2D eigenvalue weighted by molar-refractivity contribution is 0.629. The predicted molar refractivity (Wildman–Crippen MR) is 105 cm³/mol. The Kier molecular flexibility index (Phi) is 4.41. The number of H-pyrrole nitrogens is 1. The molecular formula is C20H16ClFN4O. The van der Waals surface area contributed by atoms with Crippen LogP contribution in [0.3, 0.4) is 0 Å². The summed E-state index contributed by atoms with van der Waals surface area (Å²) in [4.78, 5) is 19.3. The predicted octanol–water partition coefficient (Wildman–Crippen LogP) is 4.68. The number of hydrogen-bond donors (Lipinski definition) is 2. The Morgan fingerprint density at radius 3 is 2.89 bits per heavy atom. The fraction of sp³-hybridized carbons (Fsp3) is 0.100. The highest BCUT2D eigenvalue weighted by Crippen LogP contribution is 2.25. The van der Waals surface area contributed by atoms with Gasteiger partial charge >= 0.3 is 0 Å². The molecule has 27 heavy (non-hydrogen) atoms. The van der Waals surface area contributed by atoms with Crippen LogP contribution in [0.5, 0.6) is 0 Å². The van der Waals surface area contributed by atoms with Crippen LogP contribution in [-0.2, 0) is 0 Å². The van der Waals surface area contributed by atoms with Crippen molar-refractivity contribution in [1.82, 2.24) is 14.5 Å². The third-order valence-corrected chi connectivity index (χ3v) is 4.69. The molecule has 136 valence electrons. The second kappa shape index (κ2) is 6.89. The van der Waals surface area contributed by atoms with E-state index in [1.54, 1.807) is 18.6 Å². The van der Waals surface area contributed by atoms with Crippen molar-refractivity contribution in [3.63, 3.8) is 0 Å². The lowest BCUT2D eigenvalue weighted by Gasteiger charge is -2.16. The van der Waals surface area contributed by atoms with Crippen molar-refractivity contribution in [2.24, 2.45) is 0 Å². The van der Waals surface area contributed by atoms with Gasteiger partial charge in [0.05, 0.1) is 22.9 Å². The van der Waals surface area contributed by atoms with Crippen LogP contribution in [0.1, 0.15) is 18.5 Å². The van der Waals surface area contributed by atoms with Crippen molar-refractivity contribution in [2.75, 3.05) is 5.32 Å². The molecule has 0 aliphatic rings. The molecule has 0 amide bonds. The van der Waals surface area contributed by atoms with Gasteiger partial charge in [-0.05, 0) is 43.3 Å². The van der Waals surface area contributed by atoms with Gasteiger partial charge in [-0.2, -0.15) is 0 Å². The Labute approximate surface area is 159 Å². The topological polar surface area (TPSA) is 62.7 Å². The summed E-state index contributed by atoms with van der Waals surface area (Å²) in [5.41, 5.74) is 2.47. The normalized spacial score (nSPS) is 12.3. The fourth-order valence-corrected chi connectivity index (χ4v) is 3.34. The molecule has 2 N–H and O–H groups in total. The third-order valence-electron chi connectivity index (χ3n) is 4.40. The van der Waals surface area contributed by atoms with Gasteiger partial charge in [0.1, 0.15) is 5.82 Å². The van der Waals surface area contributed by atoms with Gasteiger partial charge in [0.25, 0.3) is 5.56 Å². The number of anilines is 1. The Morgan fingerprint density at radius 2 is 2.11 bits per heavy atom. The average Bonchev–Trinajstić information content (AvgIpc) is 3.17. The highest BCUT2D eigenvalue weighted by atomic mass is 35.5. The smallest absolute Gasteiger partial charge is 0.253 e. The zero-order valence-corrected chi connectivity index (χ0v) is 15.2. The van der Waals surface area contributed by atoms with E-state index in [-0.39, 0.29) is 16.6 Å². The third kappa shape index (κ3) is 3.44. The van der Waals surface area contributed by atoms with E-state index in [1.165, 1.54) is 12.1 Å². The van der Waals surface area contributed by atoms with E-state index in [0.29, 0.717) is 16.5 Å². The van der Waals surface area contributed by atoms with Crippen LogP contribution < -0.4 is 10.9 Å². The number of imidazole rings is 1. The maximum absolute atomic E-state index is 13.7. The van der Waals surface area contributed by atoms with E-state index < -0.39 is 5.82 Å². The monoisotopic (exact) mass is 382 g/mol. The van der Waals surface area contributed by atoms with E-state index in [9.17, 15) is 9.18 Å². The maximum atomic E-state index is 13.7. The number of aromatic amines is 1. The lowest BCUT2D eigenvalue weighted by atomic mass is 10.1. The van der Waals surface area contributed by atoms with Gasteiger partial charge in [-0.25, -0.2) is 9.37 Å². The Hall–Kier alpha value is -3.12. The quantitative estimate of drug-likeness (QED) is 0.538. The Bertz CT molecular complexity index is 1170. The van der Waals surface area contributed by atoms with Crippen molar-refractivity contribution in [2.45, 2.75) is 13.0 Å². The molecule has 0 unspecified atom stereocenters. The molecule has 2 aromatic heterocycles. The van der Waals surface area contributed by atoms with Crippen molar-refractivity contribution >= 4 is 28.2 Å². The molecular weight excluding hydrogens is 367 g/mol. The number of benzene rings is 2. The minimum absolute atomic E-state index is 0.183. The molecule has 4 aromatic rings. The molecule has 0 bridgehead atoms. The number of aromatic nitrogens is 3. The summed E-state index contributed by atoms with van der Waals surface area (Å²) in [6, 6.07) is 11.7. The molecule has 0 saturated heterocycles. The molecule has 0 saturated carbocycles. The van der Waals surface area contributed by atoms with Gasteiger partial charge in [0.15, 0.2) is 0 Å². The molecule has 0 radical (unpaired) electrons. The van der Waals surface area contributed by atoms with Crippen LogP contribution in [0, 0.1) is 5.82 Å². The number of halogens is 2. The number of pyridine rings is 1. The summed E-state index contributed by atoms with van der Waals surface area (Å²) in [6.07, 6.45) is 5.28. The second-order valence-electron chi connectivity index (χ2n) is 6.29. The van der Waals surface area contributed by atoms with Crippen molar-refractivity contribution in [3.8, 4) is 5.69 Å². The van der Waals surface area contributed by atoms with Crippen molar-refractivity contribution in [1.29, 1.82) is 0 Å². The molecule has 2 heterocycles. The van der Waals surface area contributed by atoms with Crippen LogP contribution >= 0.6 is 11.6 Å². The van der Waals surface area contributed by atoms with Gasteiger partial charge in [-0.3, -0.25) is 4.79 Å². The number of fused-ring (bicyclic) bond motifs is 1. The van der Waals surface area contributed by atoms with E-state index in [1.807, 2.05) is 42.0 Å².